The van der Waals surface area contributed by atoms with Crippen molar-refractivity contribution in [1.29, 1.82) is 0 Å². The molecule has 0 aliphatic rings. The van der Waals surface area contributed by atoms with Crippen LogP contribution in [0.5, 0.6) is 0 Å². The zero-order valence-electron chi connectivity index (χ0n) is 15.2. The standard InChI is InChI=1S/C21H42/c1-3-5-7-9-11-13-15-17-19-21-20-18-16-14-12-10-8-6-4-2/h5,7H,3-4,6,8-21H2,1-2H3. The van der Waals surface area contributed by atoms with Crippen LogP contribution in [0.15, 0.2) is 12.2 Å². The molecule has 0 heteroatoms. The van der Waals surface area contributed by atoms with Gasteiger partial charge in [-0.05, 0) is 19.3 Å². The van der Waals surface area contributed by atoms with Crippen molar-refractivity contribution in [3.8, 4) is 0 Å². The molecule has 0 unspecified atom stereocenters. The monoisotopic (exact) mass is 294 g/mol. The highest BCUT2D eigenvalue weighted by Crippen LogP contribution is 2.13. The third-order valence-corrected chi connectivity index (χ3v) is 4.38. The van der Waals surface area contributed by atoms with Crippen molar-refractivity contribution in [2.75, 3.05) is 0 Å². The van der Waals surface area contributed by atoms with Crippen molar-refractivity contribution >= 4 is 0 Å². The van der Waals surface area contributed by atoms with E-state index in [1.165, 1.54) is 109 Å². The summed E-state index contributed by atoms with van der Waals surface area (Å²) in [6.07, 6.45) is 29.0. The summed E-state index contributed by atoms with van der Waals surface area (Å²) >= 11 is 0. The lowest BCUT2D eigenvalue weighted by Gasteiger charge is -2.03. The molecule has 0 rings (SSSR count). The molecule has 0 saturated heterocycles. The van der Waals surface area contributed by atoms with Crippen LogP contribution in [0.4, 0.5) is 0 Å². The molecule has 21 heavy (non-hydrogen) atoms. The summed E-state index contributed by atoms with van der Waals surface area (Å²) in [6, 6.07) is 0. The number of unbranched alkanes of at least 4 members (excludes halogenated alkanes) is 15. The first-order chi connectivity index (χ1) is 10.4. The maximum atomic E-state index is 2.35. The third kappa shape index (κ3) is 19.7. The summed E-state index contributed by atoms with van der Waals surface area (Å²) in [7, 11) is 0. The fourth-order valence-electron chi connectivity index (χ4n) is 2.92. The van der Waals surface area contributed by atoms with Gasteiger partial charge in [0, 0.05) is 0 Å². The van der Waals surface area contributed by atoms with Crippen molar-refractivity contribution in [2.45, 2.75) is 123 Å². The highest BCUT2D eigenvalue weighted by atomic mass is 14.0. The molecule has 0 radical (unpaired) electrons. The molecule has 0 aliphatic carbocycles. The normalized spacial score (nSPS) is 11.5. The van der Waals surface area contributed by atoms with Crippen LogP contribution < -0.4 is 0 Å². The summed E-state index contributed by atoms with van der Waals surface area (Å²) in [6.45, 7) is 4.51. The van der Waals surface area contributed by atoms with Crippen LogP contribution in [0, 0.1) is 0 Å². The molecule has 0 N–H and O–H groups in total. The molecule has 0 aromatic carbocycles. The second-order valence-electron chi connectivity index (χ2n) is 6.62. The largest absolute Gasteiger partial charge is 0.0888 e. The van der Waals surface area contributed by atoms with E-state index < -0.39 is 0 Å². The van der Waals surface area contributed by atoms with Crippen molar-refractivity contribution in [3.05, 3.63) is 12.2 Å². The molecular formula is C21H42. The topological polar surface area (TPSA) is 0 Å². The predicted octanol–water partition coefficient (Wildman–Crippen LogP) is 8.21. The van der Waals surface area contributed by atoms with Crippen LogP contribution in [0.2, 0.25) is 0 Å². The van der Waals surface area contributed by atoms with Crippen molar-refractivity contribution in [1.82, 2.24) is 0 Å². The Morgan fingerprint density at radius 2 is 0.810 bits per heavy atom. The van der Waals surface area contributed by atoms with E-state index >= 15 is 0 Å². The van der Waals surface area contributed by atoms with Crippen LogP contribution in [0.1, 0.15) is 123 Å². The van der Waals surface area contributed by atoms with Gasteiger partial charge < -0.3 is 0 Å². The molecular weight excluding hydrogens is 252 g/mol. The quantitative estimate of drug-likeness (QED) is 0.187. The van der Waals surface area contributed by atoms with Gasteiger partial charge in [0.1, 0.15) is 0 Å². The van der Waals surface area contributed by atoms with Crippen molar-refractivity contribution in [2.24, 2.45) is 0 Å². The van der Waals surface area contributed by atoms with E-state index in [0.29, 0.717) is 0 Å². The number of rotatable bonds is 17. The van der Waals surface area contributed by atoms with E-state index in [1.807, 2.05) is 0 Å². The van der Waals surface area contributed by atoms with E-state index in [-0.39, 0.29) is 0 Å². The molecule has 0 bridgehead atoms. The zero-order chi connectivity index (χ0) is 15.4. The molecule has 0 aromatic heterocycles. The van der Waals surface area contributed by atoms with Gasteiger partial charge in [-0.2, -0.15) is 0 Å². The van der Waals surface area contributed by atoms with Gasteiger partial charge in [0.05, 0.1) is 0 Å². The lowest BCUT2D eigenvalue weighted by molar-refractivity contribution is 0.533. The molecule has 0 amide bonds. The van der Waals surface area contributed by atoms with Gasteiger partial charge in [-0.15, -0.1) is 0 Å². The maximum absolute atomic E-state index is 2.35. The van der Waals surface area contributed by atoms with Crippen LogP contribution in [-0.4, -0.2) is 0 Å². The number of allylic oxidation sites excluding steroid dienone is 2. The Labute approximate surface area is 135 Å². The lowest BCUT2D eigenvalue weighted by atomic mass is 10.0. The van der Waals surface area contributed by atoms with E-state index in [2.05, 4.69) is 26.0 Å². The Kier molecular flexibility index (Phi) is 19.5. The number of hydrogen-bond donors (Lipinski definition) is 0. The lowest BCUT2D eigenvalue weighted by Crippen LogP contribution is -1.83. The zero-order valence-corrected chi connectivity index (χ0v) is 15.2. The van der Waals surface area contributed by atoms with Gasteiger partial charge in [0.2, 0.25) is 0 Å². The molecule has 0 aliphatic heterocycles. The fraction of sp³-hybridized carbons (Fsp3) is 0.905. The second-order valence-corrected chi connectivity index (χ2v) is 6.62. The molecule has 0 atom stereocenters. The third-order valence-electron chi connectivity index (χ3n) is 4.38. The highest BCUT2D eigenvalue weighted by Gasteiger charge is 1.93. The summed E-state index contributed by atoms with van der Waals surface area (Å²) in [5.74, 6) is 0. The molecule has 0 fully saturated rings. The van der Waals surface area contributed by atoms with Crippen LogP contribution >= 0.6 is 0 Å². The molecule has 126 valence electrons. The minimum Gasteiger partial charge on any atom is -0.0888 e. The Bertz CT molecular complexity index is 192. The average Bonchev–Trinajstić information content (AvgIpc) is 2.50. The summed E-state index contributed by atoms with van der Waals surface area (Å²) in [5.41, 5.74) is 0. The van der Waals surface area contributed by atoms with Gasteiger partial charge in [0.25, 0.3) is 0 Å². The van der Waals surface area contributed by atoms with Crippen molar-refractivity contribution < 1.29 is 0 Å². The predicted molar refractivity (Wildman–Crippen MR) is 99.0 cm³/mol. The smallest absolute Gasteiger partial charge is 0.0351 e. The first-order valence-electron chi connectivity index (χ1n) is 10.1. The van der Waals surface area contributed by atoms with Gasteiger partial charge in [0.15, 0.2) is 0 Å². The first kappa shape index (κ1) is 20.7. The Hall–Kier alpha value is -0.260. The van der Waals surface area contributed by atoms with Gasteiger partial charge >= 0.3 is 0 Å². The summed E-state index contributed by atoms with van der Waals surface area (Å²) < 4.78 is 0. The molecule has 0 saturated carbocycles. The highest BCUT2D eigenvalue weighted by molar-refractivity contribution is 4.79. The molecule has 0 spiro atoms. The second kappa shape index (κ2) is 19.7. The van der Waals surface area contributed by atoms with Crippen LogP contribution in [0.25, 0.3) is 0 Å². The average molecular weight is 295 g/mol. The Balaban J connectivity index is 2.95. The van der Waals surface area contributed by atoms with Gasteiger partial charge in [-0.1, -0.05) is 116 Å². The van der Waals surface area contributed by atoms with E-state index in [9.17, 15) is 0 Å². The van der Waals surface area contributed by atoms with Crippen LogP contribution in [-0.2, 0) is 0 Å². The van der Waals surface area contributed by atoms with E-state index in [1.54, 1.807) is 0 Å². The molecule has 0 nitrogen and oxygen atoms in total. The van der Waals surface area contributed by atoms with Crippen LogP contribution in [0.3, 0.4) is 0 Å². The fourth-order valence-corrected chi connectivity index (χ4v) is 2.92. The van der Waals surface area contributed by atoms with E-state index in [4.69, 9.17) is 0 Å². The first-order valence-corrected chi connectivity index (χ1v) is 10.1. The van der Waals surface area contributed by atoms with Gasteiger partial charge in [-0.25, -0.2) is 0 Å². The van der Waals surface area contributed by atoms with E-state index in [0.717, 1.165) is 0 Å². The Morgan fingerprint density at radius 1 is 0.429 bits per heavy atom. The maximum Gasteiger partial charge on any atom is -0.0351 e. The van der Waals surface area contributed by atoms with Crippen molar-refractivity contribution in [3.63, 3.8) is 0 Å². The minimum absolute atomic E-state index is 1.19. The number of hydrogen-bond acceptors (Lipinski definition) is 0. The summed E-state index contributed by atoms with van der Waals surface area (Å²) in [5, 5.41) is 0. The Morgan fingerprint density at radius 3 is 1.19 bits per heavy atom. The summed E-state index contributed by atoms with van der Waals surface area (Å²) in [4.78, 5) is 0. The SMILES string of the molecule is CCC=CCCCCCCCCCCCCCCCCC. The minimum atomic E-state index is 1.19. The van der Waals surface area contributed by atoms with Gasteiger partial charge in [-0.3, -0.25) is 0 Å². The molecule has 0 heterocycles. The molecule has 0 aromatic rings.